The molecule has 1 aromatic carbocycles. The molecule has 2 rings (SSSR count). The summed E-state index contributed by atoms with van der Waals surface area (Å²) in [6.07, 6.45) is 3.71. The van der Waals surface area contributed by atoms with Crippen molar-refractivity contribution in [2.75, 3.05) is 13.1 Å². The van der Waals surface area contributed by atoms with E-state index in [1.54, 1.807) is 0 Å². The van der Waals surface area contributed by atoms with Crippen molar-refractivity contribution in [2.45, 2.75) is 58.7 Å². The Hall–Kier alpha value is -0.570. The molecule has 0 aliphatic carbocycles. The molecule has 20 heavy (non-hydrogen) atoms. The van der Waals surface area contributed by atoms with Crippen LogP contribution in [0.3, 0.4) is 0 Å². The monoisotopic (exact) mass is 294 g/mol. The van der Waals surface area contributed by atoms with Crippen LogP contribution in [-0.4, -0.2) is 30.1 Å². The molecule has 2 atom stereocenters. The highest BCUT2D eigenvalue weighted by molar-refractivity contribution is 6.31. The zero-order valence-corrected chi connectivity index (χ0v) is 13.7. The molecule has 1 aliphatic heterocycles. The van der Waals surface area contributed by atoms with Crippen LogP contribution in [0.15, 0.2) is 18.2 Å². The summed E-state index contributed by atoms with van der Waals surface area (Å²) in [6, 6.07) is 7.64. The Morgan fingerprint density at radius 1 is 1.40 bits per heavy atom. The third-order valence-corrected chi connectivity index (χ3v) is 4.64. The largest absolute Gasteiger partial charge is 0.313 e. The van der Waals surface area contributed by atoms with Gasteiger partial charge in [-0.25, -0.2) is 0 Å². The lowest BCUT2D eigenvalue weighted by Gasteiger charge is -2.29. The number of hydrogen-bond acceptors (Lipinski definition) is 2. The third-order valence-electron chi connectivity index (χ3n) is 4.29. The Kier molecular flexibility index (Phi) is 5.88. The van der Waals surface area contributed by atoms with Crippen LogP contribution in [0.4, 0.5) is 0 Å². The summed E-state index contributed by atoms with van der Waals surface area (Å²) in [5, 5.41) is 4.58. The standard InChI is InChI=1S/C17H27ClN2/c1-4-5-16-12-20(14(3)8-9-19-16)11-15-7-6-13(2)10-17(15)18/h6-7,10,14,16,19H,4-5,8-9,11-12H2,1-3H3. The van der Waals surface area contributed by atoms with E-state index in [2.05, 4.69) is 49.2 Å². The average Bonchev–Trinajstić information content (AvgIpc) is 2.56. The highest BCUT2D eigenvalue weighted by atomic mass is 35.5. The molecule has 1 heterocycles. The van der Waals surface area contributed by atoms with Crippen LogP contribution in [0.2, 0.25) is 5.02 Å². The summed E-state index contributed by atoms with van der Waals surface area (Å²) < 4.78 is 0. The minimum absolute atomic E-state index is 0.613. The molecule has 0 aromatic heterocycles. The van der Waals surface area contributed by atoms with Crippen molar-refractivity contribution in [3.63, 3.8) is 0 Å². The maximum atomic E-state index is 6.39. The Morgan fingerprint density at radius 3 is 2.90 bits per heavy atom. The molecule has 0 saturated carbocycles. The van der Waals surface area contributed by atoms with Crippen LogP contribution >= 0.6 is 11.6 Å². The predicted octanol–water partition coefficient (Wildman–Crippen LogP) is 4.00. The molecule has 1 aromatic rings. The van der Waals surface area contributed by atoms with E-state index in [1.807, 2.05) is 0 Å². The van der Waals surface area contributed by atoms with Gasteiger partial charge in [0.1, 0.15) is 0 Å². The second-order valence-corrected chi connectivity index (χ2v) is 6.51. The van der Waals surface area contributed by atoms with Crippen molar-refractivity contribution >= 4 is 11.6 Å². The van der Waals surface area contributed by atoms with Gasteiger partial charge in [-0.05, 0) is 50.4 Å². The average molecular weight is 295 g/mol. The van der Waals surface area contributed by atoms with E-state index >= 15 is 0 Å². The molecule has 1 fully saturated rings. The first-order valence-corrected chi connectivity index (χ1v) is 8.20. The maximum absolute atomic E-state index is 6.39. The molecule has 0 bridgehead atoms. The molecular weight excluding hydrogens is 268 g/mol. The SMILES string of the molecule is CCCC1CN(Cc2ccc(C)cc2Cl)C(C)CCN1. The lowest BCUT2D eigenvalue weighted by Crippen LogP contribution is -2.39. The zero-order chi connectivity index (χ0) is 14.5. The van der Waals surface area contributed by atoms with E-state index in [0.29, 0.717) is 12.1 Å². The van der Waals surface area contributed by atoms with Gasteiger partial charge in [0.25, 0.3) is 0 Å². The molecule has 2 unspecified atom stereocenters. The van der Waals surface area contributed by atoms with E-state index in [1.165, 1.54) is 30.4 Å². The van der Waals surface area contributed by atoms with Gasteiger partial charge in [0.2, 0.25) is 0 Å². The number of nitrogens with zero attached hydrogens (tertiary/aromatic N) is 1. The zero-order valence-electron chi connectivity index (χ0n) is 13.0. The van der Waals surface area contributed by atoms with Crippen LogP contribution < -0.4 is 5.32 Å². The fourth-order valence-electron chi connectivity index (χ4n) is 2.97. The van der Waals surface area contributed by atoms with Gasteiger partial charge >= 0.3 is 0 Å². The smallest absolute Gasteiger partial charge is 0.0453 e. The lowest BCUT2D eigenvalue weighted by atomic mass is 10.1. The van der Waals surface area contributed by atoms with Gasteiger partial charge in [-0.3, -0.25) is 4.90 Å². The fourth-order valence-corrected chi connectivity index (χ4v) is 3.26. The first-order chi connectivity index (χ1) is 9.60. The van der Waals surface area contributed by atoms with Crippen LogP contribution in [0.25, 0.3) is 0 Å². The fraction of sp³-hybridized carbons (Fsp3) is 0.647. The molecule has 3 heteroatoms. The van der Waals surface area contributed by atoms with Crippen molar-refractivity contribution in [2.24, 2.45) is 0 Å². The maximum Gasteiger partial charge on any atom is 0.0453 e. The van der Waals surface area contributed by atoms with E-state index in [4.69, 9.17) is 11.6 Å². The number of nitrogens with one attached hydrogen (secondary N) is 1. The molecular formula is C17H27ClN2. The van der Waals surface area contributed by atoms with Crippen LogP contribution in [-0.2, 0) is 6.54 Å². The van der Waals surface area contributed by atoms with Crippen molar-refractivity contribution in [1.82, 2.24) is 10.2 Å². The molecule has 1 saturated heterocycles. The highest BCUT2D eigenvalue weighted by Crippen LogP contribution is 2.22. The Balaban J connectivity index is 2.07. The highest BCUT2D eigenvalue weighted by Gasteiger charge is 2.22. The quantitative estimate of drug-likeness (QED) is 0.903. The number of benzene rings is 1. The van der Waals surface area contributed by atoms with E-state index in [-0.39, 0.29) is 0 Å². The van der Waals surface area contributed by atoms with Crippen molar-refractivity contribution < 1.29 is 0 Å². The van der Waals surface area contributed by atoms with E-state index in [9.17, 15) is 0 Å². The summed E-state index contributed by atoms with van der Waals surface area (Å²) in [5.41, 5.74) is 2.48. The van der Waals surface area contributed by atoms with Crippen molar-refractivity contribution in [1.29, 1.82) is 0 Å². The second-order valence-electron chi connectivity index (χ2n) is 6.10. The minimum Gasteiger partial charge on any atom is -0.313 e. The first-order valence-electron chi connectivity index (χ1n) is 7.82. The number of rotatable bonds is 4. The van der Waals surface area contributed by atoms with Crippen molar-refractivity contribution in [3.8, 4) is 0 Å². The van der Waals surface area contributed by atoms with Crippen molar-refractivity contribution in [3.05, 3.63) is 34.3 Å². The van der Waals surface area contributed by atoms with Gasteiger partial charge in [-0.2, -0.15) is 0 Å². The summed E-state index contributed by atoms with van der Waals surface area (Å²) >= 11 is 6.39. The van der Waals surface area contributed by atoms with Gasteiger partial charge in [-0.15, -0.1) is 0 Å². The lowest BCUT2D eigenvalue weighted by molar-refractivity contribution is 0.193. The molecule has 2 nitrogen and oxygen atoms in total. The van der Waals surface area contributed by atoms with E-state index < -0.39 is 0 Å². The number of hydrogen-bond donors (Lipinski definition) is 1. The summed E-state index contributed by atoms with van der Waals surface area (Å²) in [7, 11) is 0. The Morgan fingerprint density at radius 2 is 2.20 bits per heavy atom. The second kappa shape index (κ2) is 7.44. The summed E-state index contributed by atoms with van der Waals surface area (Å²) in [6.45, 7) is 9.89. The summed E-state index contributed by atoms with van der Waals surface area (Å²) in [4.78, 5) is 2.58. The third kappa shape index (κ3) is 4.21. The van der Waals surface area contributed by atoms with Crippen LogP contribution in [0, 0.1) is 6.92 Å². The molecule has 0 spiro atoms. The molecule has 112 valence electrons. The van der Waals surface area contributed by atoms with Crippen LogP contribution in [0.5, 0.6) is 0 Å². The van der Waals surface area contributed by atoms with Gasteiger partial charge in [0.15, 0.2) is 0 Å². The van der Waals surface area contributed by atoms with Gasteiger partial charge < -0.3 is 5.32 Å². The van der Waals surface area contributed by atoms with Gasteiger partial charge in [-0.1, -0.05) is 37.1 Å². The predicted molar refractivity (Wildman–Crippen MR) is 87.4 cm³/mol. The minimum atomic E-state index is 0.613. The molecule has 1 N–H and O–H groups in total. The normalized spacial score (nSPS) is 24.6. The topological polar surface area (TPSA) is 15.3 Å². The summed E-state index contributed by atoms with van der Waals surface area (Å²) in [5.74, 6) is 0. The van der Waals surface area contributed by atoms with Gasteiger partial charge in [0, 0.05) is 30.2 Å². The molecule has 1 aliphatic rings. The Bertz CT molecular complexity index is 433. The van der Waals surface area contributed by atoms with Crippen LogP contribution in [0.1, 0.15) is 44.2 Å². The first kappa shape index (κ1) is 15.8. The molecule has 0 amide bonds. The van der Waals surface area contributed by atoms with Gasteiger partial charge in [0.05, 0.1) is 0 Å². The van der Waals surface area contributed by atoms with E-state index in [0.717, 1.165) is 24.7 Å². The Labute approximate surface area is 128 Å². The number of aryl methyl sites for hydroxylation is 1. The molecule has 0 radical (unpaired) electrons. The number of halogens is 1.